The van der Waals surface area contributed by atoms with Crippen LogP contribution in [0.2, 0.25) is 0 Å². The van der Waals surface area contributed by atoms with E-state index < -0.39 is 11.7 Å². The van der Waals surface area contributed by atoms with Crippen LogP contribution in [0.25, 0.3) is 0 Å². The summed E-state index contributed by atoms with van der Waals surface area (Å²) in [6.07, 6.45) is 3.02. The van der Waals surface area contributed by atoms with Gasteiger partial charge in [-0.15, -0.1) is 0 Å². The zero-order valence-corrected chi connectivity index (χ0v) is 13.1. The van der Waals surface area contributed by atoms with Crippen molar-refractivity contribution in [2.45, 2.75) is 83.2 Å². The Labute approximate surface area is 121 Å². The quantitative estimate of drug-likeness (QED) is 0.831. The lowest BCUT2D eigenvalue weighted by Gasteiger charge is -2.42. The summed E-state index contributed by atoms with van der Waals surface area (Å²) in [6, 6.07) is 0.242. The summed E-state index contributed by atoms with van der Waals surface area (Å²) in [6.45, 7) is 8.48. The van der Waals surface area contributed by atoms with Gasteiger partial charge in [-0.2, -0.15) is 0 Å². The number of hydrogen-bond acceptors (Lipinski definition) is 4. The number of carbonyl (C=O) groups excluding carboxylic acids is 1. The van der Waals surface area contributed by atoms with Crippen molar-refractivity contribution in [1.82, 2.24) is 10.2 Å². The molecular weight excluding hydrogens is 256 g/mol. The number of carbonyl (C=O) groups is 1. The van der Waals surface area contributed by atoms with E-state index in [9.17, 15) is 9.90 Å². The molecular formula is C15H28N2O3. The van der Waals surface area contributed by atoms with E-state index in [2.05, 4.69) is 12.2 Å². The SMILES string of the molecule is CCC[C@H](O)[C@H]1NC[C@H]2CC[C@@H]1N2C(=O)OC(C)(C)C. The van der Waals surface area contributed by atoms with Gasteiger partial charge < -0.3 is 15.2 Å². The van der Waals surface area contributed by atoms with Crippen LogP contribution in [-0.2, 0) is 4.74 Å². The number of aliphatic hydroxyl groups excluding tert-OH is 1. The van der Waals surface area contributed by atoms with Gasteiger partial charge in [0, 0.05) is 12.6 Å². The Hall–Kier alpha value is -0.810. The minimum absolute atomic E-state index is 0.0266. The van der Waals surface area contributed by atoms with Gasteiger partial charge in [-0.05, 0) is 40.0 Å². The third-order valence-electron chi connectivity index (χ3n) is 4.15. The van der Waals surface area contributed by atoms with Crippen molar-refractivity contribution in [3.05, 3.63) is 0 Å². The summed E-state index contributed by atoms with van der Waals surface area (Å²) in [4.78, 5) is 14.3. The summed E-state index contributed by atoms with van der Waals surface area (Å²) in [5.41, 5.74) is -0.473. The molecule has 2 saturated heterocycles. The number of piperazine rings is 1. The molecule has 20 heavy (non-hydrogen) atoms. The molecule has 116 valence electrons. The van der Waals surface area contributed by atoms with Crippen molar-refractivity contribution < 1.29 is 14.6 Å². The highest BCUT2D eigenvalue weighted by Gasteiger charge is 2.47. The van der Waals surface area contributed by atoms with Crippen LogP contribution < -0.4 is 5.32 Å². The first kappa shape index (κ1) is 15.6. The molecule has 5 nitrogen and oxygen atoms in total. The number of fused-ring (bicyclic) bond motifs is 2. The predicted octanol–water partition coefficient (Wildman–Crippen LogP) is 1.89. The average Bonchev–Trinajstić information content (AvgIpc) is 2.62. The number of aliphatic hydroxyl groups is 1. The summed E-state index contributed by atoms with van der Waals surface area (Å²) in [5.74, 6) is 0. The number of amides is 1. The first-order valence-electron chi connectivity index (χ1n) is 7.76. The number of ether oxygens (including phenoxy) is 1. The number of hydrogen-bond donors (Lipinski definition) is 2. The molecule has 2 rings (SSSR count). The molecule has 0 spiro atoms. The maximum atomic E-state index is 12.4. The van der Waals surface area contributed by atoms with Crippen LogP contribution in [0.4, 0.5) is 4.79 Å². The van der Waals surface area contributed by atoms with Gasteiger partial charge in [0.1, 0.15) is 5.60 Å². The van der Waals surface area contributed by atoms with Crippen molar-refractivity contribution in [3.63, 3.8) is 0 Å². The Morgan fingerprint density at radius 3 is 2.75 bits per heavy atom. The van der Waals surface area contributed by atoms with Gasteiger partial charge in [0.15, 0.2) is 0 Å². The average molecular weight is 284 g/mol. The molecule has 5 heteroatoms. The molecule has 0 aromatic carbocycles. The number of nitrogens with zero attached hydrogens (tertiary/aromatic N) is 1. The molecule has 0 saturated carbocycles. The van der Waals surface area contributed by atoms with E-state index in [0.29, 0.717) is 0 Å². The van der Waals surface area contributed by atoms with E-state index in [1.165, 1.54) is 0 Å². The summed E-state index contributed by atoms with van der Waals surface area (Å²) >= 11 is 0. The zero-order chi connectivity index (χ0) is 14.9. The monoisotopic (exact) mass is 284 g/mol. The van der Waals surface area contributed by atoms with Gasteiger partial charge in [-0.1, -0.05) is 13.3 Å². The molecule has 0 aromatic rings. The van der Waals surface area contributed by atoms with Crippen LogP contribution >= 0.6 is 0 Å². The van der Waals surface area contributed by atoms with Crippen LogP contribution in [0.15, 0.2) is 0 Å². The highest BCUT2D eigenvalue weighted by atomic mass is 16.6. The lowest BCUT2D eigenvalue weighted by Crippen LogP contribution is -2.63. The fourth-order valence-electron chi connectivity index (χ4n) is 3.34. The third-order valence-corrected chi connectivity index (χ3v) is 4.15. The van der Waals surface area contributed by atoms with Crippen LogP contribution in [0.5, 0.6) is 0 Å². The molecule has 0 aromatic heterocycles. The van der Waals surface area contributed by atoms with Crippen LogP contribution in [0.1, 0.15) is 53.4 Å². The van der Waals surface area contributed by atoms with Crippen LogP contribution in [-0.4, -0.2) is 52.5 Å². The van der Waals surface area contributed by atoms with Crippen molar-refractivity contribution in [2.75, 3.05) is 6.54 Å². The maximum absolute atomic E-state index is 12.4. The number of nitrogens with one attached hydrogen (secondary N) is 1. The highest BCUT2D eigenvalue weighted by molar-refractivity contribution is 5.70. The fourth-order valence-corrected chi connectivity index (χ4v) is 3.34. The minimum atomic E-state index is -0.473. The van der Waals surface area contributed by atoms with Gasteiger partial charge in [0.25, 0.3) is 0 Å². The van der Waals surface area contributed by atoms with Gasteiger partial charge in [0.05, 0.1) is 18.2 Å². The molecule has 0 unspecified atom stereocenters. The van der Waals surface area contributed by atoms with Crippen LogP contribution in [0, 0.1) is 0 Å². The van der Waals surface area contributed by atoms with Crippen LogP contribution in [0.3, 0.4) is 0 Å². The topological polar surface area (TPSA) is 61.8 Å². The predicted molar refractivity (Wildman–Crippen MR) is 77.6 cm³/mol. The van der Waals surface area contributed by atoms with E-state index in [0.717, 1.165) is 32.2 Å². The van der Waals surface area contributed by atoms with Gasteiger partial charge >= 0.3 is 6.09 Å². The Bertz CT molecular complexity index is 354. The first-order valence-corrected chi connectivity index (χ1v) is 7.76. The highest BCUT2D eigenvalue weighted by Crippen LogP contribution is 2.33. The van der Waals surface area contributed by atoms with Crippen molar-refractivity contribution in [3.8, 4) is 0 Å². The van der Waals surface area contributed by atoms with E-state index in [4.69, 9.17) is 4.74 Å². The molecule has 2 heterocycles. The molecule has 2 aliphatic heterocycles. The third kappa shape index (κ3) is 3.26. The second kappa shape index (κ2) is 5.90. The normalized spacial score (nSPS) is 31.2. The lowest BCUT2D eigenvalue weighted by molar-refractivity contribution is -0.0103. The molecule has 0 radical (unpaired) electrons. The van der Waals surface area contributed by atoms with Crippen molar-refractivity contribution in [2.24, 2.45) is 0 Å². The van der Waals surface area contributed by atoms with E-state index in [1.807, 2.05) is 25.7 Å². The molecule has 1 amide bonds. The maximum Gasteiger partial charge on any atom is 0.410 e. The standard InChI is InChI=1S/C15H28N2O3/c1-5-6-12(18)13-11-8-7-10(9-16-13)17(11)14(19)20-15(2,3)4/h10-13,16,18H,5-9H2,1-4H3/t10-,11+,12+,13+/m1/s1. The number of rotatable bonds is 3. The Morgan fingerprint density at radius 2 is 2.15 bits per heavy atom. The molecule has 2 bridgehead atoms. The molecule has 2 aliphatic rings. The summed E-state index contributed by atoms with van der Waals surface area (Å²) in [5, 5.41) is 13.7. The summed E-state index contributed by atoms with van der Waals surface area (Å²) < 4.78 is 5.52. The Balaban J connectivity index is 2.08. The second-order valence-electron chi connectivity index (χ2n) is 6.98. The van der Waals surface area contributed by atoms with Crippen molar-refractivity contribution >= 4 is 6.09 Å². The molecule has 0 aliphatic carbocycles. The fraction of sp³-hybridized carbons (Fsp3) is 0.933. The van der Waals surface area contributed by atoms with Gasteiger partial charge in [-0.25, -0.2) is 4.79 Å². The van der Waals surface area contributed by atoms with Gasteiger partial charge in [-0.3, -0.25) is 4.90 Å². The summed E-state index contributed by atoms with van der Waals surface area (Å²) in [7, 11) is 0. The first-order chi connectivity index (χ1) is 9.33. The molecule has 2 N–H and O–H groups in total. The zero-order valence-electron chi connectivity index (χ0n) is 13.1. The van der Waals surface area contributed by atoms with E-state index in [-0.39, 0.29) is 24.2 Å². The molecule has 2 fully saturated rings. The lowest BCUT2D eigenvalue weighted by atomic mass is 9.96. The largest absolute Gasteiger partial charge is 0.444 e. The van der Waals surface area contributed by atoms with E-state index >= 15 is 0 Å². The second-order valence-corrected chi connectivity index (χ2v) is 6.98. The van der Waals surface area contributed by atoms with Gasteiger partial charge in [0.2, 0.25) is 0 Å². The molecule has 4 atom stereocenters. The minimum Gasteiger partial charge on any atom is -0.444 e. The van der Waals surface area contributed by atoms with Crippen molar-refractivity contribution in [1.29, 1.82) is 0 Å². The Morgan fingerprint density at radius 1 is 1.45 bits per heavy atom. The Kier molecular flexibility index (Phi) is 4.59. The van der Waals surface area contributed by atoms with E-state index in [1.54, 1.807) is 0 Å². The smallest absolute Gasteiger partial charge is 0.410 e.